The van der Waals surface area contributed by atoms with E-state index in [1.54, 1.807) is 28.8 Å². The van der Waals surface area contributed by atoms with Crippen LogP contribution in [-0.2, 0) is 20.2 Å². The van der Waals surface area contributed by atoms with Crippen LogP contribution >= 0.6 is 0 Å². The molecule has 0 spiro atoms. The van der Waals surface area contributed by atoms with Gasteiger partial charge in [-0.1, -0.05) is 29.4 Å². The average Bonchev–Trinajstić information content (AvgIpc) is 3.54. The molecule has 0 unspecified atom stereocenters. The minimum Gasteiger partial charge on any atom is -0.471 e. The summed E-state index contributed by atoms with van der Waals surface area (Å²) < 4.78 is 13.1. The summed E-state index contributed by atoms with van der Waals surface area (Å²) in [4.78, 5) is 10.4. The SMILES string of the molecule is Cc1ccc(OCc2c(-c3nc(-c4cccc(Cn5nnc(C)n5)c4)no3)cnn2C)nc1. The Labute approximate surface area is 189 Å². The number of ether oxygens (including phenoxy) is 1. The van der Waals surface area contributed by atoms with Gasteiger partial charge in [0.1, 0.15) is 6.61 Å². The van der Waals surface area contributed by atoms with E-state index in [-0.39, 0.29) is 6.61 Å². The van der Waals surface area contributed by atoms with Gasteiger partial charge in [0.05, 0.1) is 24.0 Å². The standard InChI is InChI=1S/C22H21N9O2/c1-14-7-8-20(23-10-14)32-13-19-18(11-24-30(19)3)22-25-21(28-33-22)17-6-4-5-16(9-17)12-31-27-15(2)26-29-31/h4-11H,12-13H2,1-3H3. The first-order chi connectivity index (χ1) is 16.0. The molecule has 0 atom stereocenters. The topological polar surface area (TPSA) is 122 Å². The van der Waals surface area contributed by atoms with Crippen molar-refractivity contribution in [3.8, 4) is 28.7 Å². The molecule has 0 aliphatic rings. The van der Waals surface area contributed by atoms with Crippen molar-refractivity contribution in [2.45, 2.75) is 27.0 Å². The molecule has 0 saturated heterocycles. The van der Waals surface area contributed by atoms with E-state index in [0.29, 0.717) is 35.5 Å². The molecule has 5 rings (SSSR count). The van der Waals surface area contributed by atoms with Crippen molar-refractivity contribution in [3.05, 3.63) is 71.4 Å². The highest BCUT2D eigenvalue weighted by Gasteiger charge is 2.19. The van der Waals surface area contributed by atoms with Crippen LogP contribution < -0.4 is 4.74 Å². The molecule has 0 bridgehead atoms. The normalized spacial score (nSPS) is 11.1. The molecule has 4 aromatic heterocycles. The number of hydrogen-bond donors (Lipinski definition) is 0. The van der Waals surface area contributed by atoms with Gasteiger partial charge in [0.2, 0.25) is 11.7 Å². The third-order valence-corrected chi connectivity index (χ3v) is 5.02. The van der Waals surface area contributed by atoms with Gasteiger partial charge in [-0.15, -0.1) is 10.2 Å². The Bertz CT molecular complexity index is 1390. The third kappa shape index (κ3) is 4.47. The van der Waals surface area contributed by atoms with Gasteiger partial charge in [-0.3, -0.25) is 4.68 Å². The largest absolute Gasteiger partial charge is 0.471 e. The summed E-state index contributed by atoms with van der Waals surface area (Å²) in [7, 11) is 1.84. The summed E-state index contributed by atoms with van der Waals surface area (Å²) in [5, 5.41) is 20.6. The zero-order chi connectivity index (χ0) is 22.8. The quantitative estimate of drug-likeness (QED) is 0.373. The molecule has 1 aromatic carbocycles. The van der Waals surface area contributed by atoms with E-state index < -0.39 is 0 Å². The van der Waals surface area contributed by atoms with Crippen molar-refractivity contribution >= 4 is 0 Å². The fourth-order valence-corrected chi connectivity index (χ4v) is 3.31. The smallest absolute Gasteiger partial charge is 0.261 e. The van der Waals surface area contributed by atoms with Crippen molar-refractivity contribution in [1.29, 1.82) is 0 Å². The van der Waals surface area contributed by atoms with E-state index in [0.717, 1.165) is 22.4 Å². The van der Waals surface area contributed by atoms with Gasteiger partial charge < -0.3 is 9.26 Å². The van der Waals surface area contributed by atoms with Crippen LogP contribution in [0.15, 0.2) is 53.3 Å². The van der Waals surface area contributed by atoms with Gasteiger partial charge in [0.15, 0.2) is 5.82 Å². The summed E-state index contributed by atoms with van der Waals surface area (Å²) in [6, 6.07) is 11.6. The van der Waals surface area contributed by atoms with Crippen LogP contribution in [0.2, 0.25) is 0 Å². The fourth-order valence-electron chi connectivity index (χ4n) is 3.31. The molecule has 5 aromatic rings. The molecule has 0 radical (unpaired) electrons. The van der Waals surface area contributed by atoms with Crippen molar-refractivity contribution in [2.24, 2.45) is 7.05 Å². The Morgan fingerprint density at radius 2 is 2.00 bits per heavy atom. The Balaban J connectivity index is 1.36. The molecule has 33 heavy (non-hydrogen) atoms. The lowest BCUT2D eigenvalue weighted by molar-refractivity contribution is 0.283. The molecule has 0 amide bonds. The number of aryl methyl sites for hydroxylation is 3. The van der Waals surface area contributed by atoms with Gasteiger partial charge in [-0.05, 0) is 36.3 Å². The molecule has 11 nitrogen and oxygen atoms in total. The first-order valence-corrected chi connectivity index (χ1v) is 10.3. The predicted molar refractivity (Wildman–Crippen MR) is 117 cm³/mol. The van der Waals surface area contributed by atoms with Gasteiger partial charge >= 0.3 is 0 Å². The first-order valence-electron chi connectivity index (χ1n) is 10.3. The van der Waals surface area contributed by atoms with E-state index in [4.69, 9.17) is 9.26 Å². The number of rotatable bonds is 7. The molecule has 4 heterocycles. The van der Waals surface area contributed by atoms with E-state index >= 15 is 0 Å². The third-order valence-electron chi connectivity index (χ3n) is 5.02. The second kappa shape index (κ2) is 8.61. The van der Waals surface area contributed by atoms with Crippen molar-refractivity contribution in [3.63, 3.8) is 0 Å². The second-order valence-electron chi connectivity index (χ2n) is 7.58. The van der Waals surface area contributed by atoms with E-state index in [2.05, 4.69) is 35.6 Å². The minimum absolute atomic E-state index is 0.263. The Morgan fingerprint density at radius 1 is 1.09 bits per heavy atom. The number of tetrazole rings is 1. The fraction of sp³-hybridized carbons (Fsp3) is 0.227. The molecule has 0 saturated carbocycles. The van der Waals surface area contributed by atoms with E-state index in [1.807, 2.05) is 50.4 Å². The maximum Gasteiger partial charge on any atom is 0.261 e. The molecule has 11 heteroatoms. The highest BCUT2D eigenvalue weighted by atomic mass is 16.5. The predicted octanol–water partition coefficient (Wildman–Crippen LogP) is 2.76. The lowest BCUT2D eigenvalue weighted by Gasteiger charge is -2.07. The second-order valence-corrected chi connectivity index (χ2v) is 7.58. The van der Waals surface area contributed by atoms with Crippen LogP contribution in [0, 0.1) is 13.8 Å². The average molecular weight is 443 g/mol. The first kappa shape index (κ1) is 20.5. The monoisotopic (exact) mass is 443 g/mol. The lowest BCUT2D eigenvalue weighted by atomic mass is 10.1. The molecule has 0 aliphatic heterocycles. The van der Waals surface area contributed by atoms with Crippen LogP contribution in [0.3, 0.4) is 0 Å². The number of pyridine rings is 1. The maximum absolute atomic E-state index is 5.83. The van der Waals surface area contributed by atoms with Crippen molar-refractivity contribution < 1.29 is 9.26 Å². The van der Waals surface area contributed by atoms with Crippen LogP contribution in [0.1, 0.15) is 22.6 Å². The van der Waals surface area contributed by atoms with E-state index in [1.165, 1.54) is 0 Å². The molecular formula is C22H21N9O2. The van der Waals surface area contributed by atoms with Crippen LogP contribution in [-0.4, -0.2) is 45.1 Å². The lowest BCUT2D eigenvalue weighted by Crippen LogP contribution is -2.05. The van der Waals surface area contributed by atoms with Gasteiger partial charge in [-0.25, -0.2) is 4.98 Å². The van der Waals surface area contributed by atoms with Crippen LogP contribution in [0.4, 0.5) is 0 Å². The minimum atomic E-state index is 0.263. The Kier molecular flexibility index (Phi) is 5.35. The summed E-state index contributed by atoms with van der Waals surface area (Å²) >= 11 is 0. The van der Waals surface area contributed by atoms with Gasteiger partial charge in [0.25, 0.3) is 5.89 Å². The summed E-state index contributed by atoms with van der Waals surface area (Å²) in [6.45, 7) is 4.54. The van der Waals surface area contributed by atoms with E-state index in [9.17, 15) is 0 Å². The molecule has 0 N–H and O–H groups in total. The van der Waals surface area contributed by atoms with Crippen molar-refractivity contribution in [2.75, 3.05) is 0 Å². The number of nitrogens with zero attached hydrogens (tertiary/aromatic N) is 9. The summed E-state index contributed by atoms with van der Waals surface area (Å²) in [5.74, 6) is 2.01. The maximum atomic E-state index is 5.83. The number of aromatic nitrogens is 9. The van der Waals surface area contributed by atoms with Gasteiger partial charge in [0, 0.05) is 24.9 Å². The zero-order valence-corrected chi connectivity index (χ0v) is 18.4. The number of benzene rings is 1. The van der Waals surface area contributed by atoms with Crippen LogP contribution in [0.25, 0.3) is 22.8 Å². The molecule has 166 valence electrons. The molecule has 0 fully saturated rings. The van der Waals surface area contributed by atoms with Gasteiger partial charge in [-0.2, -0.15) is 14.9 Å². The molecular weight excluding hydrogens is 422 g/mol. The highest BCUT2D eigenvalue weighted by Crippen LogP contribution is 2.26. The zero-order valence-electron chi connectivity index (χ0n) is 18.4. The Morgan fingerprint density at radius 3 is 2.79 bits per heavy atom. The van der Waals surface area contributed by atoms with Crippen molar-refractivity contribution in [1.82, 2.24) is 45.1 Å². The number of hydrogen-bond acceptors (Lipinski definition) is 9. The molecule has 0 aliphatic carbocycles. The van der Waals surface area contributed by atoms with Crippen LogP contribution in [0.5, 0.6) is 5.88 Å². The highest BCUT2D eigenvalue weighted by molar-refractivity contribution is 5.61. The summed E-state index contributed by atoms with van der Waals surface area (Å²) in [6.07, 6.45) is 3.45. The summed E-state index contributed by atoms with van der Waals surface area (Å²) in [5.41, 5.74) is 4.40. The Hall–Kier alpha value is -4.41.